The number of benzene rings is 2. The molecule has 1 atom stereocenters. The fourth-order valence-electron chi connectivity index (χ4n) is 5.17. The summed E-state index contributed by atoms with van der Waals surface area (Å²) in [6, 6.07) is 10.4. The van der Waals surface area contributed by atoms with Gasteiger partial charge in [0.25, 0.3) is 0 Å². The van der Waals surface area contributed by atoms with Gasteiger partial charge in [0, 0.05) is 22.7 Å². The summed E-state index contributed by atoms with van der Waals surface area (Å²) in [5.74, 6) is 5.66. The number of rotatable bonds is 8. The molecule has 2 aromatic carbocycles. The van der Waals surface area contributed by atoms with Crippen LogP contribution in [-0.4, -0.2) is 52.8 Å². The van der Waals surface area contributed by atoms with E-state index in [1.165, 1.54) is 12.3 Å². The highest BCUT2D eigenvalue weighted by atomic mass is 35.5. The second-order valence-electron chi connectivity index (χ2n) is 10.1. The summed E-state index contributed by atoms with van der Waals surface area (Å²) in [4.78, 5) is 18.3. The van der Waals surface area contributed by atoms with Gasteiger partial charge in [-0.15, -0.1) is 0 Å². The van der Waals surface area contributed by atoms with Crippen molar-refractivity contribution in [2.75, 3.05) is 26.7 Å². The Hall–Kier alpha value is -3.18. The molecule has 0 amide bonds. The first kappa shape index (κ1) is 27.8. The molecule has 0 unspecified atom stereocenters. The van der Waals surface area contributed by atoms with Crippen molar-refractivity contribution >= 4 is 28.5 Å². The van der Waals surface area contributed by atoms with Crippen molar-refractivity contribution in [3.63, 3.8) is 0 Å². The molecule has 38 heavy (non-hydrogen) atoms. The van der Waals surface area contributed by atoms with Gasteiger partial charge in [-0.05, 0) is 87.0 Å². The Morgan fingerprint density at radius 3 is 2.71 bits per heavy atom. The van der Waals surface area contributed by atoms with Gasteiger partial charge in [-0.25, -0.2) is 4.39 Å². The smallest absolute Gasteiger partial charge is 0.303 e. The lowest BCUT2D eigenvalue weighted by Gasteiger charge is -2.41. The quantitative estimate of drug-likeness (QED) is 0.354. The monoisotopic (exact) mass is 538 g/mol. The van der Waals surface area contributed by atoms with E-state index in [4.69, 9.17) is 16.3 Å². The molecule has 1 aliphatic heterocycles. The Labute approximate surface area is 227 Å². The normalized spacial score (nSPS) is 16.0. The highest BCUT2D eigenvalue weighted by Gasteiger charge is 2.37. The number of halogens is 2. The van der Waals surface area contributed by atoms with Crippen LogP contribution in [0.15, 0.2) is 42.6 Å². The molecule has 1 saturated heterocycles. The number of piperidine rings is 1. The molecule has 1 aliphatic rings. The van der Waals surface area contributed by atoms with Crippen LogP contribution in [0, 0.1) is 30.0 Å². The van der Waals surface area contributed by atoms with E-state index in [0.717, 1.165) is 5.39 Å². The van der Waals surface area contributed by atoms with Crippen LogP contribution in [0.1, 0.15) is 54.9 Å². The molecule has 2 N–H and O–H groups in total. The van der Waals surface area contributed by atoms with Gasteiger partial charge in [0.05, 0.1) is 36.7 Å². The number of aliphatic carboxylic acids is 1. The number of fused-ring (bicyclic) bond motifs is 1. The summed E-state index contributed by atoms with van der Waals surface area (Å²) in [7, 11) is 1.57. The number of carbonyl (C=O) groups is 1. The van der Waals surface area contributed by atoms with Gasteiger partial charge >= 0.3 is 5.97 Å². The molecule has 6 nitrogen and oxygen atoms in total. The Kier molecular flexibility index (Phi) is 8.88. The zero-order valence-electron chi connectivity index (χ0n) is 21.6. The van der Waals surface area contributed by atoms with E-state index < -0.39 is 17.5 Å². The van der Waals surface area contributed by atoms with Gasteiger partial charge in [-0.3, -0.25) is 14.7 Å². The summed E-state index contributed by atoms with van der Waals surface area (Å²) in [5, 5.41) is 21.9. The van der Waals surface area contributed by atoms with E-state index >= 15 is 0 Å². The molecule has 0 aliphatic carbocycles. The number of aliphatic hydroxyl groups is 1. The lowest BCUT2D eigenvalue weighted by molar-refractivity contribution is -0.141. The summed E-state index contributed by atoms with van der Waals surface area (Å²) >= 11 is 6.46. The van der Waals surface area contributed by atoms with Crippen LogP contribution in [0.3, 0.4) is 0 Å². The number of ether oxygens (including phenoxy) is 1. The number of pyridine rings is 1. The molecule has 0 saturated carbocycles. The average molecular weight is 539 g/mol. The first-order valence-electron chi connectivity index (χ1n) is 12.7. The van der Waals surface area contributed by atoms with E-state index in [0.29, 0.717) is 78.3 Å². The van der Waals surface area contributed by atoms with Gasteiger partial charge in [0.2, 0.25) is 0 Å². The van der Waals surface area contributed by atoms with E-state index in [-0.39, 0.29) is 12.2 Å². The van der Waals surface area contributed by atoms with Crippen LogP contribution in [0.4, 0.5) is 4.39 Å². The van der Waals surface area contributed by atoms with Crippen LogP contribution in [0.5, 0.6) is 5.75 Å². The molecule has 0 spiro atoms. The van der Waals surface area contributed by atoms with Crippen LogP contribution in [0.2, 0.25) is 5.02 Å². The number of aliphatic hydroxyl groups excluding tert-OH is 1. The highest BCUT2D eigenvalue weighted by Crippen LogP contribution is 2.43. The molecule has 1 fully saturated rings. The Morgan fingerprint density at radius 1 is 1.26 bits per heavy atom. The van der Waals surface area contributed by atoms with Crippen molar-refractivity contribution in [2.45, 2.75) is 45.1 Å². The van der Waals surface area contributed by atoms with Gasteiger partial charge in [-0.1, -0.05) is 29.5 Å². The summed E-state index contributed by atoms with van der Waals surface area (Å²) in [6.07, 6.45) is 3.00. The van der Waals surface area contributed by atoms with Crippen LogP contribution in [0.25, 0.3) is 10.9 Å². The number of nitrogens with zero attached hydrogens (tertiary/aromatic N) is 2. The van der Waals surface area contributed by atoms with Gasteiger partial charge in [0.1, 0.15) is 11.6 Å². The number of hydrogen-bond donors (Lipinski definition) is 2. The van der Waals surface area contributed by atoms with Crippen LogP contribution < -0.4 is 4.74 Å². The van der Waals surface area contributed by atoms with E-state index in [2.05, 4.69) is 21.7 Å². The average Bonchev–Trinajstić information content (AvgIpc) is 2.90. The number of hydrogen-bond acceptors (Lipinski definition) is 5. The predicted molar refractivity (Wildman–Crippen MR) is 146 cm³/mol. The summed E-state index contributed by atoms with van der Waals surface area (Å²) < 4.78 is 19.1. The highest BCUT2D eigenvalue weighted by molar-refractivity contribution is 6.32. The fourth-order valence-corrected chi connectivity index (χ4v) is 5.44. The van der Waals surface area contributed by atoms with Crippen molar-refractivity contribution in [1.29, 1.82) is 0 Å². The molecular formula is C30H32ClFN2O4. The molecule has 1 aromatic heterocycles. The third-order valence-electron chi connectivity index (χ3n) is 7.50. The lowest BCUT2D eigenvalue weighted by atomic mass is 9.71. The van der Waals surface area contributed by atoms with Crippen molar-refractivity contribution in [2.24, 2.45) is 5.41 Å². The van der Waals surface area contributed by atoms with E-state index in [9.17, 15) is 19.4 Å². The molecular weight excluding hydrogens is 507 g/mol. The Morgan fingerprint density at radius 2 is 2.03 bits per heavy atom. The second kappa shape index (κ2) is 12.1. The minimum atomic E-state index is -0.871. The molecule has 4 rings (SSSR count). The number of aromatic nitrogens is 1. The van der Waals surface area contributed by atoms with Crippen molar-refractivity contribution < 1.29 is 24.1 Å². The standard InChI is InChI=1S/C30H32ClFN2O4/c1-20-5-6-21(16-25(20)32)4-3-13-34-14-11-30(12-15-34,18-28(36)37)10-9-27(35)29-23-17-22(38-2)7-8-26(23)33-19-24(29)31/h5-8,16-17,19,27,35H,9-15,18H2,1-2H3,(H,36,37)/t27-/m1/s1. The van der Waals surface area contributed by atoms with Crippen LogP contribution >= 0.6 is 11.6 Å². The Balaban J connectivity index is 1.42. The predicted octanol–water partition coefficient (Wildman–Crippen LogP) is 5.77. The topological polar surface area (TPSA) is 82.9 Å². The molecule has 3 aromatic rings. The summed E-state index contributed by atoms with van der Waals surface area (Å²) in [5.41, 5.74) is 2.09. The first-order chi connectivity index (χ1) is 18.2. The van der Waals surface area contributed by atoms with Gasteiger partial charge in [-0.2, -0.15) is 0 Å². The SMILES string of the molecule is COc1ccc2ncc(Cl)c([C@H](O)CCC3(CC(=O)O)CCN(CC#Cc4ccc(C)c(F)c4)CC3)c2c1. The number of carboxylic acid groups (broad SMARTS) is 1. The largest absolute Gasteiger partial charge is 0.497 e. The number of carboxylic acids is 1. The van der Waals surface area contributed by atoms with Gasteiger partial charge < -0.3 is 14.9 Å². The van der Waals surface area contributed by atoms with Crippen molar-refractivity contribution in [3.05, 3.63) is 70.1 Å². The van der Waals surface area contributed by atoms with E-state index in [1.54, 1.807) is 32.2 Å². The maximum absolute atomic E-state index is 13.8. The number of likely N-dealkylation sites (tertiary alicyclic amines) is 1. The summed E-state index contributed by atoms with van der Waals surface area (Å²) in [6.45, 7) is 3.66. The molecule has 2 heterocycles. The van der Waals surface area contributed by atoms with Crippen molar-refractivity contribution in [1.82, 2.24) is 9.88 Å². The molecule has 200 valence electrons. The maximum Gasteiger partial charge on any atom is 0.303 e. The van der Waals surface area contributed by atoms with Crippen LogP contribution in [-0.2, 0) is 4.79 Å². The van der Waals surface area contributed by atoms with Crippen molar-refractivity contribution in [3.8, 4) is 17.6 Å². The second-order valence-corrected chi connectivity index (χ2v) is 10.5. The fraction of sp³-hybridized carbons (Fsp3) is 0.400. The minimum absolute atomic E-state index is 0.0422. The zero-order chi connectivity index (χ0) is 27.3. The first-order valence-corrected chi connectivity index (χ1v) is 13.1. The number of aryl methyl sites for hydroxylation is 1. The lowest BCUT2D eigenvalue weighted by Crippen LogP contribution is -2.41. The zero-order valence-corrected chi connectivity index (χ0v) is 22.4. The Bertz CT molecular complexity index is 1380. The molecule has 0 radical (unpaired) electrons. The van der Waals surface area contributed by atoms with E-state index in [1.807, 2.05) is 12.1 Å². The third-order valence-corrected chi connectivity index (χ3v) is 7.80. The molecule has 0 bridgehead atoms. The minimum Gasteiger partial charge on any atom is -0.497 e. The molecule has 8 heteroatoms. The maximum atomic E-state index is 13.8. The number of methoxy groups -OCH3 is 1. The third kappa shape index (κ3) is 6.63. The van der Waals surface area contributed by atoms with Gasteiger partial charge in [0.15, 0.2) is 0 Å².